The fourth-order valence-corrected chi connectivity index (χ4v) is 3.19. The van der Waals surface area contributed by atoms with Gasteiger partial charge in [0.15, 0.2) is 0 Å². The quantitative estimate of drug-likeness (QED) is 0.806. The van der Waals surface area contributed by atoms with Crippen molar-refractivity contribution in [2.24, 2.45) is 0 Å². The third kappa shape index (κ3) is 1.35. The zero-order valence-electron chi connectivity index (χ0n) is 8.38. The minimum Gasteiger partial charge on any atom is -0.490 e. The molecule has 0 amide bonds. The smallest absolute Gasteiger partial charge is 0.136 e. The van der Waals surface area contributed by atoms with Crippen LogP contribution in [0.25, 0.3) is 0 Å². The number of likely N-dealkylation sites (N-methyl/N-ethyl adjacent to an activating group) is 1. The lowest BCUT2D eigenvalue weighted by Gasteiger charge is -2.23. The highest BCUT2D eigenvalue weighted by Gasteiger charge is 2.31. The molecule has 1 atom stereocenters. The minimum absolute atomic E-state index is 0.508. The highest BCUT2D eigenvalue weighted by atomic mass is 32.1. The summed E-state index contributed by atoms with van der Waals surface area (Å²) < 4.78 is 5.85. The molecule has 76 valence electrons. The maximum absolute atomic E-state index is 5.85. The molecule has 0 aromatic carbocycles. The molecular formula is C11H15NOS. The molecule has 1 unspecified atom stereocenters. The van der Waals surface area contributed by atoms with Crippen LogP contribution in [0.3, 0.4) is 0 Å². The van der Waals surface area contributed by atoms with E-state index >= 15 is 0 Å². The van der Waals surface area contributed by atoms with E-state index in [-0.39, 0.29) is 0 Å². The Hall–Kier alpha value is -0.540. The van der Waals surface area contributed by atoms with Gasteiger partial charge in [-0.3, -0.25) is 0 Å². The van der Waals surface area contributed by atoms with Gasteiger partial charge < -0.3 is 10.1 Å². The molecule has 0 saturated heterocycles. The Bertz CT molecular complexity index is 343. The summed E-state index contributed by atoms with van der Waals surface area (Å²) in [6.45, 7) is 0.833. The fraction of sp³-hybridized carbons (Fsp3) is 0.636. The average molecular weight is 209 g/mol. The molecular weight excluding hydrogens is 194 g/mol. The highest BCUT2D eigenvalue weighted by Crippen LogP contribution is 2.48. The van der Waals surface area contributed by atoms with Gasteiger partial charge in [0.1, 0.15) is 12.4 Å². The van der Waals surface area contributed by atoms with Crippen LogP contribution in [0, 0.1) is 0 Å². The fourth-order valence-electron chi connectivity index (χ4n) is 2.04. The Kier molecular flexibility index (Phi) is 2.03. The van der Waals surface area contributed by atoms with Gasteiger partial charge >= 0.3 is 0 Å². The molecule has 1 aromatic rings. The van der Waals surface area contributed by atoms with Gasteiger partial charge in [-0.1, -0.05) is 0 Å². The van der Waals surface area contributed by atoms with Crippen molar-refractivity contribution in [2.75, 3.05) is 13.7 Å². The number of thiophene rings is 1. The van der Waals surface area contributed by atoms with E-state index in [0.717, 1.165) is 18.9 Å². The maximum Gasteiger partial charge on any atom is 0.136 e. The van der Waals surface area contributed by atoms with Crippen LogP contribution in [-0.2, 0) is 6.42 Å². The number of fused-ring (bicyclic) bond motifs is 1. The number of hydrogen-bond donors (Lipinski definition) is 1. The Morgan fingerprint density at radius 3 is 3.07 bits per heavy atom. The van der Waals surface area contributed by atoms with Crippen LogP contribution in [0.4, 0.5) is 0 Å². The van der Waals surface area contributed by atoms with Crippen molar-refractivity contribution >= 4 is 11.3 Å². The van der Waals surface area contributed by atoms with E-state index < -0.39 is 0 Å². The van der Waals surface area contributed by atoms with Crippen LogP contribution in [0.15, 0.2) is 5.38 Å². The summed E-state index contributed by atoms with van der Waals surface area (Å²) >= 11 is 1.87. The van der Waals surface area contributed by atoms with Gasteiger partial charge in [0.25, 0.3) is 0 Å². The third-order valence-electron chi connectivity index (χ3n) is 3.13. The predicted octanol–water partition coefficient (Wildman–Crippen LogP) is 2.15. The molecule has 14 heavy (non-hydrogen) atoms. The number of ether oxygens (including phenoxy) is 1. The molecule has 2 aliphatic rings. The minimum atomic E-state index is 0.508. The van der Waals surface area contributed by atoms with Gasteiger partial charge in [-0.05, 0) is 31.2 Å². The average Bonchev–Trinajstić information content (AvgIpc) is 2.98. The van der Waals surface area contributed by atoms with Gasteiger partial charge in [-0.2, -0.15) is 0 Å². The zero-order valence-corrected chi connectivity index (χ0v) is 9.19. The summed E-state index contributed by atoms with van der Waals surface area (Å²) in [4.78, 5) is 1.44. The number of nitrogens with one attached hydrogen (secondary N) is 1. The van der Waals surface area contributed by atoms with E-state index in [1.165, 1.54) is 29.0 Å². The summed E-state index contributed by atoms with van der Waals surface area (Å²) in [5, 5.41) is 5.59. The first-order valence-electron chi connectivity index (χ1n) is 5.29. The van der Waals surface area contributed by atoms with Crippen molar-refractivity contribution in [3.05, 3.63) is 15.8 Å². The number of rotatable bonds is 2. The summed E-state index contributed by atoms with van der Waals surface area (Å²) in [5.74, 6) is 2.05. The molecule has 0 spiro atoms. The van der Waals surface area contributed by atoms with Gasteiger partial charge in [-0.25, -0.2) is 0 Å². The molecule has 1 N–H and O–H groups in total. The Morgan fingerprint density at radius 2 is 2.36 bits per heavy atom. The van der Waals surface area contributed by atoms with E-state index in [4.69, 9.17) is 4.74 Å². The van der Waals surface area contributed by atoms with Gasteiger partial charge in [-0.15, -0.1) is 11.3 Å². The standard InChI is InChI=1S/C11H15NOS/c1-12-8-4-10-11(13-5-8)9(6-14-10)7-2-3-7/h6-8,12H,2-5H2,1H3. The molecule has 1 aliphatic heterocycles. The van der Waals surface area contributed by atoms with E-state index in [9.17, 15) is 0 Å². The Morgan fingerprint density at radius 1 is 1.50 bits per heavy atom. The largest absolute Gasteiger partial charge is 0.490 e. The van der Waals surface area contributed by atoms with Gasteiger partial charge in [0, 0.05) is 22.9 Å². The van der Waals surface area contributed by atoms with Crippen molar-refractivity contribution in [1.82, 2.24) is 5.32 Å². The molecule has 3 rings (SSSR count). The summed E-state index contributed by atoms with van der Waals surface area (Å²) in [6.07, 6.45) is 3.87. The van der Waals surface area contributed by atoms with E-state index in [0.29, 0.717) is 6.04 Å². The van der Waals surface area contributed by atoms with Crippen LogP contribution >= 0.6 is 11.3 Å². The molecule has 1 aromatic heterocycles. The second-order valence-corrected chi connectivity index (χ2v) is 5.18. The lowest BCUT2D eigenvalue weighted by Crippen LogP contribution is -2.36. The lowest BCUT2D eigenvalue weighted by molar-refractivity contribution is 0.246. The van der Waals surface area contributed by atoms with Crippen LogP contribution in [0.2, 0.25) is 0 Å². The van der Waals surface area contributed by atoms with Crippen LogP contribution < -0.4 is 10.1 Å². The molecule has 1 fully saturated rings. The molecule has 2 nitrogen and oxygen atoms in total. The SMILES string of the molecule is CNC1COc2c(C3CC3)csc2C1. The zero-order chi connectivity index (χ0) is 9.54. The summed E-state index contributed by atoms with van der Waals surface area (Å²) in [6, 6.07) is 0.508. The maximum atomic E-state index is 5.85. The van der Waals surface area contributed by atoms with E-state index in [1.54, 1.807) is 0 Å². The Labute approximate surface area is 88.3 Å². The molecule has 1 saturated carbocycles. The predicted molar refractivity (Wildman–Crippen MR) is 58.3 cm³/mol. The first-order chi connectivity index (χ1) is 6.88. The molecule has 0 radical (unpaired) electrons. The van der Waals surface area contributed by atoms with Gasteiger partial charge in [0.2, 0.25) is 0 Å². The lowest BCUT2D eigenvalue weighted by atomic mass is 10.1. The number of hydrogen-bond acceptors (Lipinski definition) is 3. The van der Waals surface area contributed by atoms with Crippen molar-refractivity contribution < 1.29 is 4.74 Å². The molecule has 2 heterocycles. The van der Waals surface area contributed by atoms with Crippen LogP contribution in [0.5, 0.6) is 5.75 Å². The summed E-state index contributed by atoms with van der Waals surface area (Å²) in [7, 11) is 2.01. The van der Waals surface area contributed by atoms with E-state index in [1.807, 2.05) is 18.4 Å². The van der Waals surface area contributed by atoms with Crippen LogP contribution in [-0.4, -0.2) is 19.7 Å². The second-order valence-electron chi connectivity index (χ2n) is 4.22. The topological polar surface area (TPSA) is 21.3 Å². The normalized spacial score (nSPS) is 25.6. The van der Waals surface area contributed by atoms with E-state index in [2.05, 4.69) is 10.7 Å². The van der Waals surface area contributed by atoms with Gasteiger partial charge in [0.05, 0.1) is 0 Å². The molecule has 1 aliphatic carbocycles. The van der Waals surface area contributed by atoms with Crippen LogP contribution in [0.1, 0.15) is 29.2 Å². The highest BCUT2D eigenvalue weighted by molar-refractivity contribution is 7.10. The summed E-state index contributed by atoms with van der Waals surface area (Å²) in [5.41, 5.74) is 1.49. The van der Waals surface area contributed by atoms with Crippen molar-refractivity contribution in [3.63, 3.8) is 0 Å². The van der Waals surface area contributed by atoms with Crippen molar-refractivity contribution in [2.45, 2.75) is 31.2 Å². The third-order valence-corrected chi connectivity index (χ3v) is 4.14. The molecule has 3 heteroatoms. The molecule has 0 bridgehead atoms. The first-order valence-corrected chi connectivity index (χ1v) is 6.16. The monoisotopic (exact) mass is 209 g/mol. The second kappa shape index (κ2) is 3.24. The van der Waals surface area contributed by atoms with Crippen molar-refractivity contribution in [3.8, 4) is 5.75 Å². The Balaban J connectivity index is 1.88. The van der Waals surface area contributed by atoms with Crippen molar-refractivity contribution in [1.29, 1.82) is 0 Å². The first kappa shape index (κ1) is 8.74.